The van der Waals surface area contributed by atoms with E-state index in [0.717, 1.165) is 11.1 Å². The first-order valence-corrected chi connectivity index (χ1v) is 15.4. The van der Waals surface area contributed by atoms with E-state index >= 15 is 0 Å². The summed E-state index contributed by atoms with van der Waals surface area (Å²) in [6.07, 6.45) is 1.09. The Morgan fingerprint density at radius 2 is 1.48 bits per heavy atom. The van der Waals surface area contributed by atoms with Crippen molar-refractivity contribution in [3.63, 3.8) is 0 Å². The molecule has 0 bridgehead atoms. The van der Waals surface area contributed by atoms with Gasteiger partial charge in [0.05, 0.1) is 12.6 Å². The number of likely N-dealkylation sites (N-methyl/N-ethyl adjacent to an activating group) is 2. The number of amides is 3. The molecule has 1 N–H and O–H groups in total. The number of esters is 1. The molecule has 3 amide bonds. The minimum atomic E-state index is -1.02. The molecule has 0 radical (unpaired) electrons. The second-order valence-corrected chi connectivity index (χ2v) is 14.6. The molecule has 9 nitrogen and oxygen atoms in total. The number of hydrogen-bond acceptors (Lipinski definition) is 6. The molecular formula is C35H57N3O6. The van der Waals surface area contributed by atoms with Gasteiger partial charge in [-0.15, -0.1) is 0 Å². The Labute approximate surface area is 265 Å². The van der Waals surface area contributed by atoms with Crippen LogP contribution in [0, 0.1) is 18.3 Å². The zero-order valence-corrected chi connectivity index (χ0v) is 29.7. The molecule has 0 heterocycles. The van der Waals surface area contributed by atoms with Crippen LogP contribution in [0.15, 0.2) is 35.9 Å². The minimum absolute atomic E-state index is 0.0318. The second kappa shape index (κ2) is 15.1. The van der Waals surface area contributed by atoms with Crippen LogP contribution < -0.4 is 5.32 Å². The van der Waals surface area contributed by atoms with Gasteiger partial charge in [-0.25, -0.2) is 9.59 Å². The molecule has 0 fully saturated rings. The molecule has 0 aromatic heterocycles. The zero-order chi connectivity index (χ0) is 34.4. The highest BCUT2D eigenvalue weighted by Crippen LogP contribution is 2.34. The third-order valence-corrected chi connectivity index (χ3v) is 7.74. The summed E-state index contributed by atoms with van der Waals surface area (Å²) in [5.74, 6) is -1.26. The van der Waals surface area contributed by atoms with Crippen LogP contribution in [0.3, 0.4) is 0 Å². The maximum absolute atomic E-state index is 14.4. The number of rotatable bonds is 11. The van der Waals surface area contributed by atoms with Crippen molar-refractivity contribution in [1.29, 1.82) is 0 Å². The molecule has 9 heteroatoms. The lowest BCUT2D eigenvalue weighted by Gasteiger charge is -2.43. The van der Waals surface area contributed by atoms with Crippen LogP contribution in [0.5, 0.6) is 0 Å². The monoisotopic (exact) mass is 615 g/mol. The Morgan fingerprint density at radius 1 is 0.932 bits per heavy atom. The SMILES string of the molecule is CCOC(=O)C(C)=C[C@H](C(C)C)N(C)C(=O)[C@@H](NC(=O)C(N(C)C(=O)OC(C)(C)C)C(C)(C)c1ccccc1C)C(C)(C)C. The van der Waals surface area contributed by atoms with Gasteiger partial charge in [0.2, 0.25) is 11.8 Å². The van der Waals surface area contributed by atoms with Crippen LogP contribution in [0.25, 0.3) is 0 Å². The van der Waals surface area contributed by atoms with Gasteiger partial charge in [0.1, 0.15) is 17.7 Å². The molecule has 0 aliphatic rings. The third kappa shape index (κ3) is 10.1. The molecule has 44 heavy (non-hydrogen) atoms. The predicted molar refractivity (Wildman–Crippen MR) is 175 cm³/mol. The molecule has 0 aliphatic carbocycles. The quantitative estimate of drug-likeness (QED) is 0.241. The molecule has 3 atom stereocenters. The summed E-state index contributed by atoms with van der Waals surface area (Å²) in [6, 6.07) is 5.35. The maximum atomic E-state index is 14.4. The molecule has 1 aromatic rings. The fraction of sp³-hybridized carbons (Fsp3) is 0.657. The molecule has 0 aliphatic heterocycles. The van der Waals surface area contributed by atoms with Crippen molar-refractivity contribution in [1.82, 2.24) is 15.1 Å². The molecule has 0 spiro atoms. The molecule has 1 aromatic carbocycles. The normalized spacial score (nSPS) is 14.8. The van der Waals surface area contributed by atoms with Crippen molar-refractivity contribution in [3.05, 3.63) is 47.0 Å². The van der Waals surface area contributed by atoms with Gasteiger partial charge >= 0.3 is 12.1 Å². The first kappa shape index (κ1) is 38.7. The maximum Gasteiger partial charge on any atom is 0.410 e. The average Bonchev–Trinajstić information content (AvgIpc) is 2.87. The first-order chi connectivity index (χ1) is 20.0. The number of aryl methyl sites for hydroxylation is 1. The van der Waals surface area contributed by atoms with E-state index in [4.69, 9.17) is 9.47 Å². The Bertz CT molecular complexity index is 1210. The molecule has 0 saturated carbocycles. The highest BCUT2D eigenvalue weighted by molar-refractivity contribution is 5.93. The van der Waals surface area contributed by atoms with Crippen LogP contribution in [0.2, 0.25) is 0 Å². The lowest BCUT2D eigenvalue weighted by molar-refractivity contribution is -0.142. The fourth-order valence-corrected chi connectivity index (χ4v) is 5.41. The number of hydrogen-bond donors (Lipinski definition) is 1. The summed E-state index contributed by atoms with van der Waals surface area (Å²) in [7, 11) is 3.23. The van der Waals surface area contributed by atoms with Crippen LogP contribution >= 0.6 is 0 Å². The number of nitrogens with zero attached hydrogens (tertiary/aromatic N) is 2. The Hall–Kier alpha value is -3.36. The number of nitrogens with one attached hydrogen (secondary N) is 1. The molecular weight excluding hydrogens is 558 g/mol. The summed E-state index contributed by atoms with van der Waals surface area (Å²) >= 11 is 0. The second-order valence-electron chi connectivity index (χ2n) is 14.6. The van der Waals surface area contributed by atoms with E-state index in [0.29, 0.717) is 5.57 Å². The number of benzene rings is 1. The average molecular weight is 616 g/mol. The topological polar surface area (TPSA) is 105 Å². The van der Waals surface area contributed by atoms with Crippen molar-refractivity contribution in [3.8, 4) is 0 Å². The van der Waals surface area contributed by atoms with Crippen molar-refractivity contribution >= 4 is 23.9 Å². The molecule has 1 unspecified atom stereocenters. The Morgan fingerprint density at radius 3 is 1.93 bits per heavy atom. The van der Waals surface area contributed by atoms with E-state index < -0.39 is 52.5 Å². The zero-order valence-electron chi connectivity index (χ0n) is 29.7. The molecule has 1 rings (SSSR count). The van der Waals surface area contributed by atoms with E-state index in [1.54, 1.807) is 59.7 Å². The van der Waals surface area contributed by atoms with Crippen molar-refractivity contribution in [2.75, 3.05) is 20.7 Å². The number of carbonyl (C=O) groups excluding carboxylic acids is 4. The highest BCUT2D eigenvalue weighted by Gasteiger charge is 2.46. The molecule has 0 saturated heterocycles. The van der Waals surface area contributed by atoms with E-state index in [2.05, 4.69) is 5.32 Å². The van der Waals surface area contributed by atoms with E-state index in [1.807, 2.05) is 79.7 Å². The number of ether oxygens (including phenoxy) is 2. The largest absolute Gasteiger partial charge is 0.463 e. The summed E-state index contributed by atoms with van der Waals surface area (Å²) in [4.78, 5) is 57.2. The minimum Gasteiger partial charge on any atom is -0.463 e. The van der Waals surface area contributed by atoms with Crippen molar-refractivity contribution < 1.29 is 28.7 Å². The van der Waals surface area contributed by atoms with Crippen LogP contribution in [-0.4, -0.2) is 78.1 Å². The van der Waals surface area contributed by atoms with Crippen molar-refractivity contribution in [2.45, 2.75) is 119 Å². The predicted octanol–water partition coefficient (Wildman–Crippen LogP) is 6.03. The van der Waals surface area contributed by atoms with Gasteiger partial charge < -0.3 is 19.7 Å². The fourth-order valence-electron chi connectivity index (χ4n) is 5.41. The Kier molecular flexibility index (Phi) is 13.3. The summed E-state index contributed by atoms with van der Waals surface area (Å²) in [6.45, 7) is 24.3. The van der Waals surface area contributed by atoms with Crippen molar-refractivity contribution in [2.24, 2.45) is 11.3 Å². The van der Waals surface area contributed by atoms with Gasteiger partial charge in [-0.3, -0.25) is 14.5 Å². The smallest absolute Gasteiger partial charge is 0.410 e. The lowest BCUT2D eigenvalue weighted by Crippen LogP contribution is -2.63. The van der Waals surface area contributed by atoms with Gasteiger partial charge in [0.15, 0.2) is 0 Å². The van der Waals surface area contributed by atoms with E-state index in [1.165, 1.54) is 4.90 Å². The molecule has 248 valence electrons. The van der Waals surface area contributed by atoms with E-state index in [9.17, 15) is 19.2 Å². The van der Waals surface area contributed by atoms with Gasteiger partial charge in [-0.2, -0.15) is 0 Å². The highest BCUT2D eigenvalue weighted by atomic mass is 16.6. The standard InChI is InChI=1S/C35H57N3O6/c1-16-43-31(41)24(5)21-26(22(2)3)37(14)30(40)27(33(6,7)8)36-29(39)28(38(15)32(42)44-34(9,10)11)35(12,13)25-20-18-17-19-23(25)4/h17-22,26-28H,16H2,1-15H3,(H,36,39)/t26-,27-,28?/m1/s1. The van der Waals surface area contributed by atoms with Crippen LogP contribution in [0.4, 0.5) is 4.79 Å². The summed E-state index contributed by atoms with van der Waals surface area (Å²) in [5.41, 5.74) is -0.0545. The van der Waals surface area contributed by atoms with Gasteiger partial charge in [0, 0.05) is 25.1 Å². The van der Waals surface area contributed by atoms with Crippen LogP contribution in [0.1, 0.15) is 94.2 Å². The third-order valence-electron chi connectivity index (χ3n) is 7.74. The van der Waals surface area contributed by atoms with Crippen LogP contribution in [-0.2, 0) is 29.3 Å². The first-order valence-electron chi connectivity index (χ1n) is 15.4. The van der Waals surface area contributed by atoms with Gasteiger partial charge in [0.25, 0.3) is 0 Å². The number of carbonyl (C=O) groups is 4. The van der Waals surface area contributed by atoms with E-state index in [-0.39, 0.29) is 18.4 Å². The lowest BCUT2D eigenvalue weighted by atomic mass is 9.74. The Balaban J connectivity index is 3.64. The van der Waals surface area contributed by atoms with Gasteiger partial charge in [-0.05, 0) is 64.0 Å². The summed E-state index contributed by atoms with van der Waals surface area (Å²) in [5, 5.41) is 3.03. The van der Waals surface area contributed by atoms with Gasteiger partial charge in [-0.1, -0.05) is 78.8 Å². The summed E-state index contributed by atoms with van der Waals surface area (Å²) < 4.78 is 10.8.